The Kier molecular flexibility index (Phi) is 8.32. The van der Waals surface area contributed by atoms with Gasteiger partial charge in [-0.2, -0.15) is 7.05 Å². The van der Waals surface area contributed by atoms with Gasteiger partial charge in [0.25, 0.3) is 0 Å². The van der Waals surface area contributed by atoms with Crippen molar-refractivity contribution in [1.82, 2.24) is 0 Å². The molecule has 1 nitrogen and oxygen atoms in total. The van der Waals surface area contributed by atoms with Gasteiger partial charge in [-0.3, -0.25) is 0 Å². The van der Waals surface area contributed by atoms with E-state index in [9.17, 15) is 0 Å². The molecule has 0 bridgehead atoms. The molecule has 0 amide bonds. The maximum atomic E-state index is 4.04. The Morgan fingerprint density at radius 2 is 1.70 bits per heavy atom. The third-order valence-corrected chi connectivity index (χ3v) is 1.31. The van der Waals surface area contributed by atoms with Crippen LogP contribution in [0.25, 0.3) is 5.32 Å². The minimum atomic E-state index is 0. The average Bonchev–Trinajstić information content (AvgIpc) is 1.63. The first-order valence-corrected chi connectivity index (χ1v) is 3.62. The summed E-state index contributed by atoms with van der Waals surface area (Å²) in [5.41, 5.74) is 0.491. The summed E-state index contributed by atoms with van der Waals surface area (Å²) in [5.74, 6) is 0. The van der Waals surface area contributed by atoms with E-state index in [1.54, 1.807) is 0 Å². The second-order valence-corrected chi connectivity index (χ2v) is 3.70. The molecule has 0 aromatic rings. The minimum Gasteiger partial charge on any atom is -0.665 e. The fraction of sp³-hybridized carbons (Fsp3) is 1.00. The third-order valence-electron chi connectivity index (χ3n) is 1.31. The summed E-state index contributed by atoms with van der Waals surface area (Å²) in [5, 5.41) is 4.04. The van der Waals surface area contributed by atoms with Crippen molar-refractivity contribution in [2.45, 2.75) is 33.6 Å². The van der Waals surface area contributed by atoms with E-state index in [0.717, 1.165) is 6.54 Å². The Morgan fingerprint density at radius 3 is 2.00 bits per heavy atom. The van der Waals surface area contributed by atoms with Crippen molar-refractivity contribution in [3.8, 4) is 0 Å². The maximum Gasteiger partial charge on any atom is 0 e. The topological polar surface area (TPSA) is 14.1 Å². The summed E-state index contributed by atoms with van der Waals surface area (Å²) < 4.78 is 0. The quantitative estimate of drug-likeness (QED) is 0.523. The predicted molar refractivity (Wildman–Crippen MR) is 42.8 cm³/mol. The van der Waals surface area contributed by atoms with Gasteiger partial charge in [0.1, 0.15) is 0 Å². The van der Waals surface area contributed by atoms with E-state index >= 15 is 0 Å². The van der Waals surface area contributed by atoms with Crippen molar-refractivity contribution < 1.29 is 19.5 Å². The molecule has 10 heavy (non-hydrogen) atoms. The molecule has 0 fully saturated rings. The Balaban J connectivity index is 0. The van der Waals surface area contributed by atoms with Crippen molar-refractivity contribution >= 4 is 0 Å². The van der Waals surface area contributed by atoms with Gasteiger partial charge >= 0.3 is 0 Å². The summed E-state index contributed by atoms with van der Waals surface area (Å²) in [6.07, 6.45) is 2.52. The number of hydrogen-bond acceptors (Lipinski definition) is 0. The second kappa shape index (κ2) is 6.30. The Hall–Kier alpha value is 0.583. The molecule has 0 spiro atoms. The number of hydrogen-bond donors (Lipinski definition) is 0. The zero-order valence-electron chi connectivity index (χ0n) is 7.40. The SMILES string of the molecule is C[N-]CCCC(C)(C)C.[Rh]. The maximum absolute atomic E-state index is 4.04. The van der Waals surface area contributed by atoms with Crippen molar-refractivity contribution in [2.75, 3.05) is 13.6 Å². The van der Waals surface area contributed by atoms with Crippen LogP contribution in [0, 0.1) is 5.41 Å². The fourth-order valence-electron chi connectivity index (χ4n) is 0.768. The fourth-order valence-corrected chi connectivity index (χ4v) is 0.768. The first-order valence-electron chi connectivity index (χ1n) is 3.62. The molecule has 0 saturated carbocycles. The largest absolute Gasteiger partial charge is 0.665 e. The van der Waals surface area contributed by atoms with Gasteiger partial charge in [-0.15, -0.1) is 6.54 Å². The molecular formula is C8H18NRh-. The molecule has 0 aliphatic carbocycles. The Labute approximate surface area is 77.7 Å². The normalized spacial score (nSPS) is 10.8. The number of rotatable bonds is 3. The molecule has 0 aromatic carbocycles. The second-order valence-electron chi connectivity index (χ2n) is 3.70. The first kappa shape index (κ1) is 13.2. The molecule has 0 aliphatic rings. The molecular weight excluding hydrogens is 213 g/mol. The van der Waals surface area contributed by atoms with Crippen LogP contribution in [0.1, 0.15) is 33.6 Å². The smallest absolute Gasteiger partial charge is 0 e. The molecule has 2 heteroatoms. The average molecular weight is 231 g/mol. The van der Waals surface area contributed by atoms with E-state index in [1.165, 1.54) is 12.8 Å². The van der Waals surface area contributed by atoms with E-state index in [1.807, 2.05) is 7.05 Å². The van der Waals surface area contributed by atoms with Gasteiger partial charge in [-0.1, -0.05) is 33.6 Å². The molecule has 0 saturated heterocycles. The van der Waals surface area contributed by atoms with Crippen LogP contribution in [0.2, 0.25) is 0 Å². The van der Waals surface area contributed by atoms with Crippen LogP contribution in [0.15, 0.2) is 0 Å². The van der Waals surface area contributed by atoms with Crippen LogP contribution in [-0.2, 0) is 19.5 Å². The molecule has 0 rings (SSSR count). The number of nitrogens with zero attached hydrogens (tertiary/aromatic N) is 1. The Bertz CT molecular complexity index is 66.1. The summed E-state index contributed by atoms with van der Waals surface area (Å²) in [6.45, 7) is 7.82. The van der Waals surface area contributed by atoms with Gasteiger partial charge in [0.2, 0.25) is 0 Å². The van der Waals surface area contributed by atoms with Gasteiger partial charge in [0.15, 0.2) is 0 Å². The molecule has 0 aromatic heterocycles. The van der Waals surface area contributed by atoms with Gasteiger partial charge < -0.3 is 5.32 Å². The van der Waals surface area contributed by atoms with Crippen molar-refractivity contribution in [3.63, 3.8) is 0 Å². The van der Waals surface area contributed by atoms with Crippen molar-refractivity contribution in [2.24, 2.45) is 5.41 Å². The van der Waals surface area contributed by atoms with Crippen molar-refractivity contribution in [3.05, 3.63) is 5.32 Å². The van der Waals surface area contributed by atoms with Crippen molar-refractivity contribution in [1.29, 1.82) is 0 Å². The minimum absolute atomic E-state index is 0. The van der Waals surface area contributed by atoms with Crippen LogP contribution in [0.4, 0.5) is 0 Å². The predicted octanol–water partition coefficient (Wildman–Crippen LogP) is 2.81. The van der Waals surface area contributed by atoms with Crippen LogP contribution >= 0.6 is 0 Å². The summed E-state index contributed by atoms with van der Waals surface area (Å²) in [4.78, 5) is 0. The van der Waals surface area contributed by atoms with Crippen LogP contribution in [0.3, 0.4) is 0 Å². The van der Waals surface area contributed by atoms with E-state index < -0.39 is 0 Å². The van der Waals surface area contributed by atoms with Crippen LogP contribution in [-0.4, -0.2) is 13.6 Å². The molecule has 0 atom stereocenters. The third kappa shape index (κ3) is 11.4. The van der Waals surface area contributed by atoms with Gasteiger partial charge in [-0.05, 0) is 5.41 Å². The van der Waals surface area contributed by atoms with E-state index in [-0.39, 0.29) is 19.5 Å². The standard InChI is InChI=1S/C8H18N.Rh/c1-8(2,3)6-5-7-9-4;/h5-7H2,1-4H3;/q-1;. The molecule has 65 valence electrons. The first-order chi connectivity index (χ1) is 4.06. The summed E-state index contributed by atoms with van der Waals surface area (Å²) >= 11 is 0. The van der Waals surface area contributed by atoms with E-state index in [0.29, 0.717) is 5.41 Å². The molecule has 0 heterocycles. The summed E-state index contributed by atoms with van der Waals surface area (Å²) in [7, 11) is 1.88. The molecule has 0 aliphatic heterocycles. The van der Waals surface area contributed by atoms with Gasteiger partial charge in [-0.25, -0.2) is 0 Å². The van der Waals surface area contributed by atoms with E-state index in [2.05, 4.69) is 26.1 Å². The zero-order chi connectivity index (χ0) is 7.33. The monoisotopic (exact) mass is 231 g/mol. The molecule has 1 radical (unpaired) electrons. The zero-order valence-corrected chi connectivity index (χ0v) is 9.04. The van der Waals surface area contributed by atoms with Crippen LogP contribution in [0.5, 0.6) is 0 Å². The van der Waals surface area contributed by atoms with Gasteiger partial charge in [0.05, 0.1) is 0 Å². The van der Waals surface area contributed by atoms with Gasteiger partial charge in [0, 0.05) is 19.5 Å². The van der Waals surface area contributed by atoms with E-state index in [4.69, 9.17) is 0 Å². The van der Waals surface area contributed by atoms with Crippen LogP contribution < -0.4 is 0 Å². The molecule has 0 N–H and O–H groups in total. The summed E-state index contributed by atoms with van der Waals surface area (Å²) in [6, 6.07) is 0. The molecule has 0 unspecified atom stereocenters. The Morgan fingerprint density at radius 1 is 1.20 bits per heavy atom.